The number of hydrogen-bond acceptors (Lipinski definition) is 4. The first kappa shape index (κ1) is 12.8. The van der Waals surface area contributed by atoms with Gasteiger partial charge in [-0.2, -0.15) is 0 Å². The molecule has 0 heterocycles. The molecule has 0 bridgehead atoms. The number of para-hydroxylation sites is 1. The van der Waals surface area contributed by atoms with Crippen molar-refractivity contribution in [2.24, 2.45) is 0 Å². The number of anilines is 1. The van der Waals surface area contributed by atoms with Crippen molar-refractivity contribution in [3.8, 4) is 0 Å². The molecule has 0 saturated carbocycles. The summed E-state index contributed by atoms with van der Waals surface area (Å²) >= 11 is 0. The van der Waals surface area contributed by atoms with Crippen LogP contribution in [0, 0.1) is 0 Å². The van der Waals surface area contributed by atoms with Crippen LogP contribution in [0.3, 0.4) is 0 Å². The number of carbonyl (C=O) groups is 2. The third kappa shape index (κ3) is 3.98. The Hall–Kier alpha value is -2.30. The number of hydrogen-bond donors (Lipinski definition) is 2. The van der Waals surface area contributed by atoms with Crippen molar-refractivity contribution in [2.75, 3.05) is 18.5 Å². The Bertz CT molecular complexity index is 428. The Balaban J connectivity index is 2.79. The number of carboxylic acids is 1. The number of benzene rings is 1. The lowest BCUT2D eigenvalue weighted by atomic mass is 10.2. The normalized spacial score (nSPS) is 9.41. The Morgan fingerprint density at radius 1 is 1.41 bits per heavy atom. The van der Waals surface area contributed by atoms with Crippen LogP contribution in [0.5, 0.6) is 0 Å². The van der Waals surface area contributed by atoms with Crippen LogP contribution >= 0.6 is 0 Å². The standard InChI is InChI=1S/C12H13NO4/c1-2-7-17-12(16)9-5-3-4-6-10(9)13-8-11(14)15/h2-6,13H,1,7-8H2,(H,14,15). The molecule has 5 heteroatoms. The Morgan fingerprint density at radius 3 is 2.76 bits per heavy atom. The fraction of sp³-hybridized carbons (Fsp3) is 0.167. The maximum atomic E-state index is 11.6. The largest absolute Gasteiger partial charge is 0.480 e. The summed E-state index contributed by atoms with van der Waals surface area (Å²) in [5.74, 6) is -1.52. The van der Waals surface area contributed by atoms with Crippen molar-refractivity contribution in [2.45, 2.75) is 0 Å². The van der Waals surface area contributed by atoms with Gasteiger partial charge in [0.25, 0.3) is 0 Å². The fourth-order valence-electron chi connectivity index (χ4n) is 1.20. The molecular weight excluding hydrogens is 222 g/mol. The zero-order chi connectivity index (χ0) is 12.7. The lowest BCUT2D eigenvalue weighted by Crippen LogP contribution is -2.15. The van der Waals surface area contributed by atoms with E-state index >= 15 is 0 Å². The van der Waals surface area contributed by atoms with E-state index in [1.807, 2.05) is 0 Å². The second-order valence-corrected chi connectivity index (χ2v) is 3.18. The topological polar surface area (TPSA) is 75.6 Å². The molecule has 0 aliphatic heterocycles. The van der Waals surface area contributed by atoms with Crippen molar-refractivity contribution < 1.29 is 19.4 Å². The molecule has 0 spiro atoms. The summed E-state index contributed by atoms with van der Waals surface area (Å²) in [7, 11) is 0. The van der Waals surface area contributed by atoms with E-state index in [1.54, 1.807) is 24.3 Å². The van der Waals surface area contributed by atoms with E-state index in [0.717, 1.165) is 0 Å². The zero-order valence-corrected chi connectivity index (χ0v) is 9.18. The number of aliphatic carboxylic acids is 1. The minimum absolute atomic E-state index is 0.117. The lowest BCUT2D eigenvalue weighted by Gasteiger charge is -2.09. The van der Waals surface area contributed by atoms with Crippen LogP contribution in [-0.4, -0.2) is 30.2 Å². The van der Waals surface area contributed by atoms with Crippen LogP contribution < -0.4 is 5.32 Å². The quantitative estimate of drug-likeness (QED) is 0.577. The first-order valence-electron chi connectivity index (χ1n) is 4.98. The average Bonchev–Trinajstić information content (AvgIpc) is 2.33. The summed E-state index contributed by atoms with van der Waals surface area (Å²) in [6.07, 6.45) is 1.46. The van der Waals surface area contributed by atoms with Crippen molar-refractivity contribution in [3.05, 3.63) is 42.5 Å². The molecule has 5 nitrogen and oxygen atoms in total. The van der Waals surface area contributed by atoms with Crippen LogP contribution in [0.25, 0.3) is 0 Å². The first-order valence-corrected chi connectivity index (χ1v) is 4.98. The van der Waals surface area contributed by atoms with Gasteiger partial charge in [0.1, 0.15) is 13.2 Å². The molecular formula is C12H13NO4. The molecule has 1 aromatic carbocycles. The van der Waals surface area contributed by atoms with Gasteiger partial charge in [0, 0.05) is 5.69 Å². The fourth-order valence-corrected chi connectivity index (χ4v) is 1.20. The molecule has 1 rings (SSSR count). The predicted octanol–water partition coefficient (Wildman–Crippen LogP) is 1.53. The van der Waals surface area contributed by atoms with Crippen molar-refractivity contribution >= 4 is 17.6 Å². The predicted molar refractivity (Wildman–Crippen MR) is 63.0 cm³/mol. The van der Waals surface area contributed by atoms with Crippen LogP contribution in [0.15, 0.2) is 36.9 Å². The molecule has 1 aromatic rings. The molecule has 0 aliphatic carbocycles. The van der Waals surface area contributed by atoms with Crippen LogP contribution in [0.4, 0.5) is 5.69 Å². The van der Waals surface area contributed by atoms with E-state index in [-0.39, 0.29) is 13.2 Å². The van der Waals surface area contributed by atoms with E-state index < -0.39 is 11.9 Å². The molecule has 0 fully saturated rings. The van der Waals surface area contributed by atoms with Crippen LogP contribution in [0.2, 0.25) is 0 Å². The summed E-state index contributed by atoms with van der Waals surface area (Å²) < 4.78 is 4.88. The monoisotopic (exact) mass is 235 g/mol. The molecule has 0 atom stereocenters. The summed E-state index contributed by atoms with van der Waals surface area (Å²) in [5, 5.41) is 11.2. The number of rotatable bonds is 6. The summed E-state index contributed by atoms with van der Waals surface area (Å²) in [5.41, 5.74) is 0.736. The summed E-state index contributed by atoms with van der Waals surface area (Å²) in [6, 6.07) is 6.56. The Morgan fingerprint density at radius 2 is 2.12 bits per heavy atom. The van der Waals surface area contributed by atoms with Gasteiger partial charge in [-0.1, -0.05) is 24.8 Å². The number of ether oxygens (including phenoxy) is 1. The SMILES string of the molecule is C=CCOC(=O)c1ccccc1NCC(=O)O. The Kier molecular flexibility index (Phi) is 4.75. The number of esters is 1. The second-order valence-electron chi connectivity index (χ2n) is 3.18. The van der Waals surface area contributed by atoms with Gasteiger partial charge in [-0.25, -0.2) is 4.79 Å². The molecule has 0 radical (unpaired) electrons. The number of carboxylic acid groups (broad SMARTS) is 1. The molecule has 90 valence electrons. The zero-order valence-electron chi connectivity index (χ0n) is 9.18. The van der Waals surface area contributed by atoms with E-state index in [1.165, 1.54) is 6.08 Å². The Labute approximate surface area is 98.7 Å². The van der Waals surface area contributed by atoms with Crippen molar-refractivity contribution in [1.29, 1.82) is 0 Å². The highest BCUT2D eigenvalue weighted by atomic mass is 16.5. The minimum Gasteiger partial charge on any atom is -0.480 e. The molecule has 0 aromatic heterocycles. The summed E-state index contributed by atoms with van der Waals surface area (Å²) in [4.78, 5) is 22.0. The van der Waals surface area contributed by atoms with Gasteiger partial charge in [0.05, 0.1) is 5.56 Å². The second kappa shape index (κ2) is 6.32. The molecule has 0 aliphatic rings. The van der Waals surface area contributed by atoms with Gasteiger partial charge in [0.15, 0.2) is 0 Å². The molecule has 0 amide bonds. The minimum atomic E-state index is -1.00. The van der Waals surface area contributed by atoms with Crippen LogP contribution in [0.1, 0.15) is 10.4 Å². The molecule has 17 heavy (non-hydrogen) atoms. The van der Waals surface area contributed by atoms with Gasteiger partial charge < -0.3 is 15.2 Å². The van der Waals surface area contributed by atoms with E-state index in [0.29, 0.717) is 11.3 Å². The molecule has 0 unspecified atom stereocenters. The van der Waals surface area contributed by atoms with E-state index in [9.17, 15) is 9.59 Å². The first-order chi connectivity index (χ1) is 8.15. The number of carbonyl (C=O) groups excluding carboxylic acids is 1. The highest BCUT2D eigenvalue weighted by Crippen LogP contribution is 2.15. The van der Waals surface area contributed by atoms with Gasteiger partial charge in [-0.3, -0.25) is 4.79 Å². The molecule has 2 N–H and O–H groups in total. The highest BCUT2D eigenvalue weighted by Gasteiger charge is 2.12. The maximum absolute atomic E-state index is 11.6. The third-order valence-corrected chi connectivity index (χ3v) is 1.91. The van der Waals surface area contributed by atoms with E-state index in [4.69, 9.17) is 9.84 Å². The smallest absolute Gasteiger partial charge is 0.340 e. The van der Waals surface area contributed by atoms with E-state index in [2.05, 4.69) is 11.9 Å². The van der Waals surface area contributed by atoms with Crippen LogP contribution in [-0.2, 0) is 9.53 Å². The van der Waals surface area contributed by atoms with Crippen molar-refractivity contribution in [3.63, 3.8) is 0 Å². The molecule has 0 saturated heterocycles. The third-order valence-electron chi connectivity index (χ3n) is 1.91. The van der Waals surface area contributed by atoms with Gasteiger partial charge in [-0.05, 0) is 12.1 Å². The van der Waals surface area contributed by atoms with Gasteiger partial charge in [0.2, 0.25) is 0 Å². The lowest BCUT2D eigenvalue weighted by molar-refractivity contribution is -0.134. The number of nitrogens with one attached hydrogen (secondary N) is 1. The highest BCUT2D eigenvalue weighted by molar-refractivity contribution is 5.96. The maximum Gasteiger partial charge on any atom is 0.340 e. The van der Waals surface area contributed by atoms with Crippen molar-refractivity contribution in [1.82, 2.24) is 0 Å². The van der Waals surface area contributed by atoms with Gasteiger partial charge in [-0.15, -0.1) is 0 Å². The summed E-state index contributed by atoms with van der Waals surface area (Å²) in [6.45, 7) is 3.30. The van der Waals surface area contributed by atoms with Gasteiger partial charge >= 0.3 is 11.9 Å². The average molecular weight is 235 g/mol.